The van der Waals surface area contributed by atoms with E-state index in [1.807, 2.05) is 6.92 Å². The Balaban J connectivity index is 2.32. The summed E-state index contributed by atoms with van der Waals surface area (Å²) in [6.07, 6.45) is 1.78. The van der Waals surface area contributed by atoms with E-state index in [2.05, 4.69) is 19.2 Å². The maximum Gasteiger partial charge on any atom is 0.317 e. The van der Waals surface area contributed by atoms with Gasteiger partial charge < -0.3 is 15.3 Å². The summed E-state index contributed by atoms with van der Waals surface area (Å²) in [5, 5.41) is 11.6. The van der Waals surface area contributed by atoms with E-state index in [1.165, 1.54) is 0 Å². The van der Waals surface area contributed by atoms with Gasteiger partial charge in [0.2, 0.25) is 0 Å². The molecule has 1 fully saturated rings. The fourth-order valence-corrected chi connectivity index (χ4v) is 2.03. The third kappa shape index (κ3) is 4.55. The van der Waals surface area contributed by atoms with Gasteiger partial charge in [-0.25, -0.2) is 4.79 Å². The van der Waals surface area contributed by atoms with Crippen LogP contribution in [0.2, 0.25) is 0 Å². The van der Waals surface area contributed by atoms with Crippen molar-refractivity contribution in [1.82, 2.24) is 10.2 Å². The Kier molecular flexibility index (Phi) is 5.44. The molecular weight excluding hydrogens is 232 g/mol. The summed E-state index contributed by atoms with van der Waals surface area (Å²) in [5.74, 6) is -0.00750. The normalized spacial score (nSPS) is 21.1. The number of hydrogen-bond acceptors (Lipinski definition) is 2. The van der Waals surface area contributed by atoms with Gasteiger partial charge in [-0.3, -0.25) is 4.79 Å². The van der Waals surface area contributed by atoms with Crippen molar-refractivity contribution in [2.45, 2.75) is 46.1 Å². The molecule has 0 spiro atoms. The number of hydrogen-bond donors (Lipinski definition) is 2. The van der Waals surface area contributed by atoms with Gasteiger partial charge in [0.05, 0.1) is 0 Å². The Labute approximate surface area is 109 Å². The molecule has 0 aromatic heterocycles. The number of urea groups is 1. The van der Waals surface area contributed by atoms with Crippen LogP contribution in [0.4, 0.5) is 4.79 Å². The lowest BCUT2D eigenvalue weighted by Crippen LogP contribution is -2.44. The van der Waals surface area contributed by atoms with Crippen LogP contribution in [-0.2, 0) is 4.79 Å². The summed E-state index contributed by atoms with van der Waals surface area (Å²) < 4.78 is 0. The second kappa shape index (κ2) is 6.61. The van der Waals surface area contributed by atoms with Crippen LogP contribution in [-0.4, -0.2) is 41.1 Å². The first-order valence-corrected chi connectivity index (χ1v) is 6.67. The minimum absolute atomic E-state index is 0.0194. The Bertz CT molecular complexity index is 305. The summed E-state index contributed by atoms with van der Waals surface area (Å²) in [6.45, 7) is 7.57. The smallest absolute Gasteiger partial charge is 0.317 e. The number of nitrogens with one attached hydrogen (secondary N) is 1. The zero-order valence-corrected chi connectivity index (χ0v) is 11.5. The summed E-state index contributed by atoms with van der Waals surface area (Å²) in [4.78, 5) is 24.2. The number of carbonyl (C=O) groups is 2. The van der Waals surface area contributed by atoms with E-state index in [1.54, 1.807) is 4.90 Å². The molecule has 1 rings (SSSR count). The molecule has 18 heavy (non-hydrogen) atoms. The van der Waals surface area contributed by atoms with Crippen molar-refractivity contribution < 1.29 is 14.7 Å². The molecule has 5 heteroatoms. The van der Waals surface area contributed by atoms with Gasteiger partial charge in [-0.2, -0.15) is 0 Å². The predicted molar refractivity (Wildman–Crippen MR) is 69.4 cm³/mol. The number of amides is 2. The van der Waals surface area contributed by atoms with Crippen molar-refractivity contribution in [3.8, 4) is 0 Å². The van der Waals surface area contributed by atoms with Crippen molar-refractivity contribution in [3.63, 3.8) is 0 Å². The second-order valence-electron chi connectivity index (χ2n) is 5.52. The maximum absolute atomic E-state index is 11.9. The maximum atomic E-state index is 11.9. The largest absolute Gasteiger partial charge is 0.481 e. The Morgan fingerprint density at radius 1 is 1.39 bits per heavy atom. The first kappa shape index (κ1) is 14.8. The van der Waals surface area contributed by atoms with Gasteiger partial charge in [0.1, 0.15) is 0 Å². The van der Waals surface area contributed by atoms with Gasteiger partial charge in [-0.15, -0.1) is 0 Å². The van der Waals surface area contributed by atoms with E-state index in [0.717, 1.165) is 13.0 Å². The topological polar surface area (TPSA) is 69.6 Å². The standard InChI is InChI=1S/C13H24N2O3/c1-9(2)10(3)14-13(18)15-7-6-11(8-15)4-5-12(16)17/h9-11H,4-8H2,1-3H3,(H,14,18)(H,16,17). The molecule has 1 aliphatic heterocycles. The van der Waals surface area contributed by atoms with Crippen molar-refractivity contribution >= 4 is 12.0 Å². The van der Waals surface area contributed by atoms with Crippen LogP contribution < -0.4 is 5.32 Å². The Hall–Kier alpha value is -1.26. The van der Waals surface area contributed by atoms with Crippen molar-refractivity contribution in [2.75, 3.05) is 13.1 Å². The Morgan fingerprint density at radius 2 is 2.06 bits per heavy atom. The summed E-state index contributed by atoms with van der Waals surface area (Å²) >= 11 is 0. The predicted octanol–water partition coefficient (Wildman–Crippen LogP) is 1.93. The number of aliphatic carboxylic acids is 1. The van der Waals surface area contributed by atoms with E-state index >= 15 is 0 Å². The molecule has 2 amide bonds. The van der Waals surface area contributed by atoms with Crippen LogP contribution in [0.5, 0.6) is 0 Å². The summed E-state index contributed by atoms with van der Waals surface area (Å²) in [6, 6.07) is 0.143. The molecule has 1 saturated heterocycles. The highest BCUT2D eigenvalue weighted by Gasteiger charge is 2.27. The fraction of sp³-hybridized carbons (Fsp3) is 0.846. The van der Waals surface area contributed by atoms with E-state index in [4.69, 9.17) is 5.11 Å². The van der Waals surface area contributed by atoms with Gasteiger partial charge in [-0.05, 0) is 31.6 Å². The number of carboxylic acid groups (broad SMARTS) is 1. The molecule has 0 aromatic carbocycles. The molecule has 5 nitrogen and oxygen atoms in total. The number of rotatable bonds is 5. The van der Waals surface area contributed by atoms with Crippen molar-refractivity contribution in [2.24, 2.45) is 11.8 Å². The molecule has 0 bridgehead atoms. The second-order valence-corrected chi connectivity index (χ2v) is 5.52. The molecular formula is C13H24N2O3. The third-order valence-electron chi connectivity index (χ3n) is 3.69. The molecule has 1 heterocycles. The first-order chi connectivity index (χ1) is 8.40. The Morgan fingerprint density at radius 3 is 2.61 bits per heavy atom. The highest BCUT2D eigenvalue weighted by molar-refractivity contribution is 5.74. The van der Waals surface area contributed by atoms with Crippen LogP contribution in [0.25, 0.3) is 0 Å². The number of carbonyl (C=O) groups excluding carboxylic acids is 1. The lowest BCUT2D eigenvalue weighted by molar-refractivity contribution is -0.137. The number of carboxylic acids is 1. The van der Waals surface area contributed by atoms with E-state index in [9.17, 15) is 9.59 Å². The molecule has 2 N–H and O–H groups in total. The minimum atomic E-state index is -0.758. The van der Waals surface area contributed by atoms with Crippen molar-refractivity contribution in [3.05, 3.63) is 0 Å². The van der Waals surface area contributed by atoms with Gasteiger partial charge in [0, 0.05) is 25.6 Å². The van der Waals surface area contributed by atoms with Crippen LogP contribution in [0, 0.1) is 11.8 Å². The van der Waals surface area contributed by atoms with Gasteiger partial charge in [0.15, 0.2) is 0 Å². The van der Waals surface area contributed by atoms with E-state index in [-0.39, 0.29) is 18.5 Å². The molecule has 0 radical (unpaired) electrons. The van der Waals surface area contributed by atoms with Crippen LogP contribution >= 0.6 is 0 Å². The highest BCUT2D eigenvalue weighted by Crippen LogP contribution is 2.21. The zero-order chi connectivity index (χ0) is 13.7. The SMILES string of the molecule is CC(C)C(C)NC(=O)N1CCC(CCC(=O)O)C1. The summed E-state index contributed by atoms with van der Waals surface area (Å²) in [7, 11) is 0. The van der Waals surface area contributed by atoms with E-state index < -0.39 is 5.97 Å². The quantitative estimate of drug-likeness (QED) is 0.789. The number of likely N-dealkylation sites (tertiary alicyclic amines) is 1. The van der Waals surface area contributed by atoms with Crippen LogP contribution in [0.1, 0.15) is 40.0 Å². The lowest BCUT2D eigenvalue weighted by Gasteiger charge is -2.23. The average molecular weight is 256 g/mol. The monoisotopic (exact) mass is 256 g/mol. The molecule has 2 unspecified atom stereocenters. The molecule has 2 atom stereocenters. The molecule has 104 valence electrons. The highest BCUT2D eigenvalue weighted by atomic mass is 16.4. The summed E-state index contributed by atoms with van der Waals surface area (Å²) in [5.41, 5.74) is 0. The third-order valence-corrected chi connectivity index (χ3v) is 3.69. The zero-order valence-electron chi connectivity index (χ0n) is 11.5. The van der Waals surface area contributed by atoms with Crippen LogP contribution in [0.3, 0.4) is 0 Å². The minimum Gasteiger partial charge on any atom is -0.481 e. The average Bonchev–Trinajstić information content (AvgIpc) is 2.74. The van der Waals surface area contributed by atoms with E-state index in [0.29, 0.717) is 24.8 Å². The van der Waals surface area contributed by atoms with Gasteiger partial charge in [-0.1, -0.05) is 13.8 Å². The van der Waals surface area contributed by atoms with Crippen molar-refractivity contribution in [1.29, 1.82) is 0 Å². The fourth-order valence-electron chi connectivity index (χ4n) is 2.03. The van der Waals surface area contributed by atoms with Gasteiger partial charge in [0.25, 0.3) is 0 Å². The van der Waals surface area contributed by atoms with Crippen LogP contribution in [0.15, 0.2) is 0 Å². The number of nitrogens with zero attached hydrogens (tertiary/aromatic N) is 1. The first-order valence-electron chi connectivity index (χ1n) is 6.67. The molecule has 0 aromatic rings. The molecule has 0 saturated carbocycles. The van der Waals surface area contributed by atoms with Gasteiger partial charge >= 0.3 is 12.0 Å². The lowest BCUT2D eigenvalue weighted by atomic mass is 10.0. The molecule has 1 aliphatic rings. The molecule has 0 aliphatic carbocycles.